The SMILES string of the molecule is COc1cccc(CN2CCC(Nc3ccccc3)(C(N)=O)CC2)c1. The monoisotopic (exact) mass is 339 g/mol. The smallest absolute Gasteiger partial charge is 0.243 e. The Balaban J connectivity index is 1.64. The van der Waals surface area contributed by atoms with Gasteiger partial charge in [0, 0.05) is 25.3 Å². The van der Waals surface area contributed by atoms with Crippen LogP contribution in [0.3, 0.4) is 0 Å². The molecule has 0 bridgehead atoms. The molecule has 1 amide bonds. The largest absolute Gasteiger partial charge is 0.497 e. The summed E-state index contributed by atoms with van der Waals surface area (Å²) in [6.07, 6.45) is 1.39. The maximum absolute atomic E-state index is 12.2. The molecule has 2 aromatic rings. The molecule has 1 fully saturated rings. The number of rotatable bonds is 6. The standard InChI is InChI=1S/C20H25N3O2/c1-25-18-9-5-6-16(14-18)15-23-12-10-20(11-13-23,19(21)24)22-17-7-3-2-4-8-17/h2-9,14,22H,10-13,15H2,1H3,(H2,21,24). The van der Waals surface area contributed by atoms with Gasteiger partial charge in [-0.1, -0.05) is 30.3 Å². The van der Waals surface area contributed by atoms with Crippen LogP contribution in [-0.2, 0) is 11.3 Å². The minimum absolute atomic E-state index is 0.280. The first-order valence-corrected chi connectivity index (χ1v) is 8.60. The number of anilines is 1. The second-order valence-corrected chi connectivity index (χ2v) is 6.57. The van der Waals surface area contributed by atoms with Crippen LogP contribution in [0.5, 0.6) is 5.75 Å². The van der Waals surface area contributed by atoms with Crippen molar-refractivity contribution in [2.75, 3.05) is 25.5 Å². The zero-order valence-corrected chi connectivity index (χ0v) is 14.6. The fourth-order valence-corrected chi connectivity index (χ4v) is 3.35. The zero-order valence-electron chi connectivity index (χ0n) is 14.6. The second kappa shape index (κ2) is 7.57. The third-order valence-corrected chi connectivity index (χ3v) is 4.88. The van der Waals surface area contributed by atoms with Gasteiger partial charge in [-0.3, -0.25) is 9.69 Å². The molecule has 0 spiro atoms. The Labute approximate surface area is 148 Å². The van der Waals surface area contributed by atoms with Gasteiger partial charge in [-0.15, -0.1) is 0 Å². The number of nitrogens with one attached hydrogen (secondary N) is 1. The lowest BCUT2D eigenvalue weighted by Gasteiger charge is -2.40. The maximum atomic E-state index is 12.2. The highest BCUT2D eigenvalue weighted by Crippen LogP contribution is 2.28. The number of hydrogen-bond donors (Lipinski definition) is 2. The summed E-state index contributed by atoms with van der Waals surface area (Å²) in [6.45, 7) is 2.48. The van der Waals surface area contributed by atoms with Crippen LogP contribution in [0.15, 0.2) is 54.6 Å². The maximum Gasteiger partial charge on any atom is 0.243 e. The first kappa shape index (κ1) is 17.3. The van der Waals surface area contributed by atoms with Crippen LogP contribution in [0.4, 0.5) is 5.69 Å². The first-order valence-electron chi connectivity index (χ1n) is 8.60. The Morgan fingerprint density at radius 2 is 1.88 bits per heavy atom. The number of carbonyl (C=O) groups is 1. The predicted molar refractivity (Wildman–Crippen MR) is 99.5 cm³/mol. The van der Waals surface area contributed by atoms with Crippen molar-refractivity contribution in [3.8, 4) is 5.75 Å². The summed E-state index contributed by atoms with van der Waals surface area (Å²) in [7, 11) is 1.68. The Kier molecular flexibility index (Phi) is 5.24. The number of piperidine rings is 1. The van der Waals surface area contributed by atoms with Crippen LogP contribution in [0.25, 0.3) is 0 Å². The second-order valence-electron chi connectivity index (χ2n) is 6.57. The number of para-hydroxylation sites is 1. The van der Waals surface area contributed by atoms with E-state index in [1.165, 1.54) is 5.56 Å². The average molecular weight is 339 g/mol. The molecule has 1 aliphatic heterocycles. The van der Waals surface area contributed by atoms with E-state index in [0.29, 0.717) is 12.8 Å². The lowest BCUT2D eigenvalue weighted by molar-refractivity contribution is -0.123. The zero-order chi connectivity index (χ0) is 17.7. The fraction of sp³-hybridized carbons (Fsp3) is 0.350. The molecule has 1 heterocycles. The van der Waals surface area contributed by atoms with Crippen molar-refractivity contribution in [1.29, 1.82) is 0 Å². The molecule has 0 saturated carbocycles. The molecule has 0 aromatic heterocycles. The van der Waals surface area contributed by atoms with E-state index in [1.807, 2.05) is 42.5 Å². The summed E-state index contributed by atoms with van der Waals surface area (Å²) >= 11 is 0. The van der Waals surface area contributed by atoms with Gasteiger partial charge in [-0.2, -0.15) is 0 Å². The molecule has 1 saturated heterocycles. The van der Waals surface area contributed by atoms with E-state index in [1.54, 1.807) is 7.11 Å². The molecule has 5 heteroatoms. The van der Waals surface area contributed by atoms with Gasteiger partial charge >= 0.3 is 0 Å². The highest BCUT2D eigenvalue weighted by atomic mass is 16.5. The molecule has 0 radical (unpaired) electrons. The van der Waals surface area contributed by atoms with Crippen molar-refractivity contribution in [1.82, 2.24) is 4.90 Å². The number of likely N-dealkylation sites (tertiary alicyclic amines) is 1. The third-order valence-electron chi connectivity index (χ3n) is 4.88. The van der Waals surface area contributed by atoms with Crippen LogP contribution in [0, 0.1) is 0 Å². The van der Waals surface area contributed by atoms with E-state index in [2.05, 4.69) is 22.3 Å². The molecule has 0 atom stereocenters. The molecular formula is C20H25N3O2. The number of ether oxygens (including phenoxy) is 1. The van der Waals surface area contributed by atoms with Gasteiger partial charge in [0.05, 0.1) is 7.11 Å². The quantitative estimate of drug-likeness (QED) is 0.849. The number of amides is 1. The molecule has 5 nitrogen and oxygen atoms in total. The fourth-order valence-electron chi connectivity index (χ4n) is 3.35. The Bertz CT molecular complexity index is 710. The predicted octanol–water partition coefficient (Wildman–Crippen LogP) is 2.63. The van der Waals surface area contributed by atoms with Gasteiger partial charge < -0.3 is 15.8 Å². The summed E-state index contributed by atoms with van der Waals surface area (Å²) in [6, 6.07) is 17.9. The summed E-state index contributed by atoms with van der Waals surface area (Å²) in [4.78, 5) is 14.5. The molecule has 3 rings (SSSR count). The Hall–Kier alpha value is -2.53. The van der Waals surface area contributed by atoms with E-state index < -0.39 is 5.54 Å². The molecular weight excluding hydrogens is 314 g/mol. The molecule has 3 N–H and O–H groups in total. The molecule has 25 heavy (non-hydrogen) atoms. The summed E-state index contributed by atoms with van der Waals surface area (Å²) in [5.41, 5.74) is 7.22. The van der Waals surface area contributed by atoms with Crippen molar-refractivity contribution in [3.63, 3.8) is 0 Å². The number of nitrogens with zero attached hydrogens (tertiary/aromatic N) is 1. The van der Waals surface area contributed by atoms with Crippen molar-refractivity contribution >= 4 is 11.6 Å². The average Bonchev–Trinajstić information content (AvgIpc) is 2.64. The van der Waals surface area contributed by atoms with E-state index in [-0.39, 0.29) is 5.91 Å². The van der Waals surface area contributed by atoms with Crippen molar-refractivity contribution in [3.05, 3.63) is 60.2 Å². The van der Waals surface area contributed by atoms with Gasteiger partial charge in [0.15, 0.2) is 0 Å². The summed E-state index contributed by atoms with van der Waals surface area (Å²) < 4.78 is 5.29. The van der Waals surface area contributed by atoms with Crippen LogP contribution in [0.2, 0.25) is 0 Å². The lowest BCUT2D eigenvalue weighted by Crippen LogP contribution is -2.56. The molecule has 2 aromatic carbocycles. The van der Waals surface area contributed by atoms with Crippen molar-refractivity contribution in [2.45, 2.75) is 24.9 Å². The molecule has 0 aliphatic carbocycles. The van der Waals surface area contributed by atoms with Crippen LogP contribution in [0.1, 0.15) is 18.4 Å². The van der Waals surface area contributed by atoms with Crippen LogP contribution in [-0.4, -0.2) is 36.5 Å². The van der Waals surface area contributed by atoms with Gasteiger partial charge in [-0.05, 0) is 42.7 Å². The van der Waals surface area contributed by atoms with Gasteiger partial charge in [-0.25, -0.2) is 0 Å². The highest BCUT2D eigenvalue weighted by Gasteiger charge is 2.39. The Morgan fingerprint density at radius 1 is 1.16 bits per heavy atom. The number of hydrogen-bond acceptors (Lipinski definition) is 4. The lowest BCUT2D eigenvalue weighted by atomic mass is 9.86. The van der Waals surface area contributed by atoms with Gasteiger partial charge in [0.1, 0.15) is 11.3 Å². The minimum atomic E-state index is -0.674. The topological polar surface area (TPSA) is 67.6 Å². The van der Waals surface area contributed by atoms with Gasteiger partial charge in [0.25, 0.3) is 0 Å². The number of methoxy groups -OCH3 is 1. The van der Waals surface area contributed by atoms with Gasteiger partial charge in [0.2, 0.25) is 5.91 Å². The summed E-state index contributed by atoms with van der Waals surface area (Å²) in [5, 5.41) is 3.38. The number of benzene rings is 2. The van der Waals surface area contributed by atoms with E-state index >= 15 is 0 Å². The van der Waals surface area contributed by atoms with E-state index in [0.717, 1.165) is 31.1 Å². The van der Waals surface area contributed by atoms with E-state index in [9.17, 15) is 4.79 Å². The van der Waals surface area contributed by atoms with Crippen LogP contribution < -0.4 is 15.8 Å². The first-order chi connectivity index (χ1) is 12.1. The highest BCUT2D eigenvalue weighted by molar-refractivity contribution is 5.88. The molecule has 0 unspecified atom stereocenters. The third kappa shape index (κ3) is 4.12. The van der Waals surface area contributed by atoms with Crippen molar-refractivity contribution in [2.24, 2.45) is 5.73 Å². The number of primary amides is 1. The normalized spacial score (nSPS) is 17.0. The summed E-state index contributed by atoms with van der Waals surface area (Å²) in [5.74, 6) is 0.587. The minimum Gasteiger partial charge on any atom is -0.497 e. The molecule has 132 valence electrons. The van der Waals surface area contributed by atoms with E-state index in [4.69, 9.17) is 10.5 Å². The molecule has 1 aliphatic rings. The Morgan fingerprint density at radius 3 is 2.52 bits per heavy atom. The van der Waals surface area contributed by atoms with Crippen molar-refractivity contribution < 1.29 is 9.53 Å². The number of nitrogens with two attached hydrogens (primary N) is 1. The van der Waals surface area contributed by atoms with Crippen LogP contribution >= 0.6 is 0 Å². The number of carbonyl (C=O) groups excluding carboxylic acids is 1.